The van der Waals surface area contributed by atoms with Crippen molar-refractivity contribution in [3.63, 3.8) is 0 Å². The molecule has 2 heterocycles. The molecule has 4 rings (SSSR count). The summed E-state index contributed by atoms with van der Waals surface area (Å²) in [7, 11) is 3.61. The number of methoxy groups -OCH3 is 1. The predicted octanol–water partition coefficient (Wildman–Crippen LogP) is 4.47. The molecule has 26 heavy (non-hydrogen) atoms. The Morgan fingerprint density at radius 3 is 2.73 bits per heavy atom. The van der Waals surface area contributed by atoms with Gasteiger partial charge < -0.3 is 14.2 Å². The fourth-order valence-corrected chi connectivity index (χ4v) is 4.08. The molecule has 134 valence electrons. The average Bonchev–Trinajstić information content (AvgIpc) is 3.26. The Labute approximate surface area is 154 Å². The molecule has 3 aromatic rings. The molecule has 4 heteroatoms. The zero-order chi connectivity index (χ0) is 18.3. The lowest BCUT2D eigenvalue weighted by Gasteiger charge is -2.26. The van der Waals surface area contributed by atoms with Gasteiger partial charge in [-0.3, -0.25) is 4.79 Å². The number of fused-ring (bicyclic) bond motifs is 1. The molecular formula is C22H24N2O2. The van der Waals surface area contributed by atoms with Gasteiger partial charge in [0.25, 0.3) is 5.91 Å². The van der Waals surface area contributed by atoms with Crippen LogP contribution in [0.25, 0.3) is 10.9 Å². The van der Waals surface area contributed by atoms with Gasteiger partial charge in [0, 0.05) is 25.0 Å². The standard InChI is InChI=1S/C22H24N2O2/c1-15-7-4-5-8-18(15)19-9-6-12-24(19)22(25)21-13-16-10-11-17(26-3)14-20(16)23(21)2/h4-5,7-8,10-11,13-14,19H,6,9,12H2,1-3H3/t19-/m1/s1. The largest absolute Gasteiger partial charge is 0.497 e. The van der Waals surface area contributed by atoms with Gasteiger partial charge in [-0.05, 0) is 49.1 Å². The van der Waals surface area contributed by atoms with E-state index in [0.717, 1.165) is 41.7 Å². The Hall–Kier alpha value is -2.75. The van der Waals surface area contributed by atoms with Crippen LogP contribution in [0.1, 0.15) is 40.5 Å². The minimum absolute atomic E-state index is 0.105. The summed E-state index contributed by atoms with van der Waals surface area (Å²) < 4.78 is 7.31. The van der Waals surface area contributed by atoms with E-state index in [0.29, 0.717) is 0 Å². The molecule has 0 bridgehead atoms. The molecule has 1 atom stereocenters. The second-order valence-corrected chi connectivity index (χ2v) is 7.03. The normalized spacial score (nSPS) is 17.0. The summed E-state index contributed by atoms with van der Waals surface area (Å²) in [5, 5.41) is 1.06. The van der Waals surface area contributed by atoms with E-state index in [-0.39, 0.29) is 11.9 Å². The number of carbonyl (C=O) groups is 1. The van der Waals surface area contributed by atoms with E-state index in [1.54, 1.807) is 7.11 Å². The number of benzene rings is 2. The van der Waals surface area contributed by atoms with Crippen LogP contribution in [0.15, 0.2) is 48.5 Å². The Balaban J connectivity index is 1.72. The Morgan fingerprint density at radius 2 is 1.96 bits per heavy atom. The molecular weight excluding hydrogens is 324 g/mol. The van der Waals surface area contributed by atoms with Crippen LogP contribution in [0.3, 0.4) is 0 Å². The summed E-state index contributed by atoms with van der Waals surface area (Å²) in [5.74, 6) is 0.907. The summed E-state index contributed by atoms with van der Waals surface area (Å²) in [6.45, 7) is 2.93. The molecule has 0 radical (unpaired) electrons. The summed E-state index contributed by atoms with van der Waals surface area (Å²) in [5.41, 5.74) is 4.26. The minimum Gasteiger partial charge on any atom is -0.497 e. The first-order valence-electron chi connectivity index (χ1n) is 9.10. The highest BCUT2D eigenvalue weighted by atomic mass is 16.5. The Morgan fingerprint density at radius 1 is 1.15 bits per heavy atom. The molecule has 1 aliphatic heterocycles. The van der Waals surface area contributed by atoms with Gasteiger partial charge in [-0.1, -0.05) is 24.3 Å². The molecule has 1 aromatic heterocycles. The SMILES string of the molecule is COc1ccc2cc(C(=O)N3CCC[C@@H]3c3ccccc3C)n(C)c2c1. The van der Waals surface area contributed by atoms with Crippen molar-refractivity contribution in [3.8, 4) is 5.75 Å². The number of amides is 1. The average molecular weight is 348 g/mol. The van der Waals surface area contributed by atoms with Crippen molar-refractivity contribution >= 4 is 16.8 Å². The van der Waals surface area contributed by atoms with Crippen LogP contribution in [0.2, 0.25) is 0 Å². The quantitative estimate of drug-likeness (QED) is 0.700. The van der Waals surface area contributed by atoms with Gasteiger partial charge in [0.05, 0.1) is 18.7 Å². The van der Waals surface area contributed by atoms with Gasteiger partial charge in [0.15, 0.2) is 0 Å². The molecule has 0 N–H and O–H groups in total. The zero-order valence-electron chi connectivity index (χ0n) is 15.5. The van der Waals surface area contributed by atoms with Crippen molar-refractivity contribution in [1.29, 1.82) is 0 Å². The zero-order valence-corrected chi connectivity index (χ0v) is 15.5. The number of likely N-dealkylation sites (tertiary alicyclic amines) is 1. The van der Waals surface area contributed by atoms with E-state index in [9.17, 15) is 4.79 Å². The van der Waals surface area contributed by atoms with Crippen LogP contribution in [0, 0.1) is 6.92 Å². The van der Waals surface area contributed by atoms with Gasteiger partial charge in [0.2, 0.25) is 0 Å². The first-order valence-corrected chi connectivity index (χ1v) is 9.10. The Kier molecular flexibility index (Phi) is 4.19. The molecule has 0 spiro atoms. The monoisotopic (exact) mass is 348 g/mol. The lowest BCUT2D eigenvalue weighted by molar-refractivity contribution is 0.0726. The summed E-state index contributed by atoms with van der Waals surface area (Å²) in [6.07, 6.45) is 2.07. The second-order valence-electron chi connectivity index (χ2n) is 7.03. The number of ether oxygens (including phenoxy) is 1. The topological polar surface area (TPSA) is 34.5 Å². The van der Waals surface area contributed by atoms with E-state index >= 15 is 0 Å². The molecule has 0 aliphatic carbocycles. The molecule has 0 unspecified atom stereocenters. The van der Waals surface area contributed by atoms with Gasteiger partial charge in [-0.2, -0.15) is 0 Å². The van der Waals surface area contributed by atoms with E-state index in [1.807, 2.05) is 40.8 Å². The lowest BCUT2D eigenvalue weighted by atomic mass is 9.99. The highest BCUT2D eigenvalue weighted by Gasteiger charge is 2.32. The predicted molar refractivity (Wildman–Crippen MR) is 104 cm³/mol. The third-order valence-electron chi connectivity index (χ3n) is 5.53. The number of rotatable bonds is 3. The minimum atomic E-state index is 0.105. The number of aromatic nitrogens is 1. The molecule has 1 fully saturated rings. The number of hydrogen-bond donors (Lipinski definition) is 0. The first kappa shape index (κ1) is 16.7. The van der Waals surface area contributed by atoms with Crippen LogP contribution >= 0.6 is 0 Å². The number of nitrogens with zero attached hydrogens (tertiary/aromatic N) is 2. The molecule has 1 aliphatic rings. The van der Waals surface area contributed by atoms with E-state index in [4.69, 9.17) is 4.74 Å². The Bertz CT molecular complexity index is 973. The molecule has 1 amide bonds. The highest BCUT2D eigenvalue weighted by molar-refractivity contribution is 5.99. The molecule has 2 aromatic carbocycles. The van der Waals surface area contributed by atoms with Crippen molar-refractivity contribution in [2.45, 2.75) is 25.8 Å². The van der Waals surface area contributed by atoms with Crippen molar-refractivity contribution in [1.82, 2.24) is 9.47 Å². The van der Waals surface area contributed by atoms with Crippen molar-refractivity contribution in [3.05, 3.63) is 65.4 Å². The third kappa shape index (κ3) is 2.66. The molecule has 4 nitrogen and oxygen atoms in total. The van der Waals surface area contributed by atoms with Crippen molar-refractivity contribution in [2.75, 3.05) is 13.7 Å². The van der Waals surface area contributed by atoms with E-state index in [2.05, 4.69) is 31.2 Å². The smallest absolute Gasteiger partial charge is 0.271 e. The third-order valence-corrected chi connectivity index (χ3v) is 5.53. The maximum Gasteiger partial charge on any atom is 0.271 e. The van der Waals surface area contributed by atoms with Gasteiger partial charge in [0.1, 0.15) is 11.4 Å². The van der Waals surface area contributed by atoms with Crippen LogP contribution in [0.5, 0.6) is 5.75 Å². The number of carbonyl (C=O) groups excluding carboxylic acids is 1. The second kappa shape index (κ2) is 6.52. The van der Waals surface area contributed by atoms with Crippen LogP contribution in [-0.4, -0.2) is 29.0 Å². The fourth-order valence-electron chi connectivity index (χ4n) is 4.08. The molecule has 1 saturated heterocycles. The van der Waals surface area contributed by atoms with Crippen molar-refractivity contribution < 1.29 is 9.53 Å². The van der Waals surface area contributed by atoms with Crippen LogP contribution in [-0.2, 0) is 7.05 Å². The highest BCUT2D eigenvalue weighted by Crippen LogP contribution is 2.35. The first-order chi connectivity index (χ1) is 12.6. The van der Waals surface area contributed by atoms with E-state index < -0.39 is 0 Å². The van der Waals surface area contributed by atoms with Gasteiger partial charge >= 0.3 is 0 Å². The number of hydrogen-bond acceptors (Lipinski definition) is 2. The van der Waals surface area contributed by atoms with Crippen molar-refractivity contribution in [2.24, 2.45) is 7.05 Å². The number of aryl methyl sites for hydroxylation is 2. The summed E-state index contributed by atoms with van der Waals surface area (Å²) in [4.78, 5) is 15.4. The summed E-state index contributed by atoms with van der Waals surface area (Å²) in [6, 6.07) is 16.5. The van der Waals surface area contributed by atoms with Gasteiger partial charge in [-0.15, -0.1) is 0 Å². The maximum absolute atomic E-state index is 13.4. The summed E-state index contributed by atoms with van der Waals surface area (Å²) >= 11 is 0. The van der Waals surface area contributed by atoms with Crippen LogP contribution < -0.4 is 4.74 Å². The lowest BCUT2D eigenvalue weighted by Crippen LogP contribution is -2.32. The molecule has 0 saturated carbocycles. The fraction of sp³-hybridized carbons (Fsp3) is 0.318. The van der Waals surface area contributed by atoms with Crippen LogP contribution in [0.4, 0.5) is 0 Å². The van der Waals surface area contributed by atoms with E-state index in [1.165, 1.54) is 11.1 Å². The maximum atomic E-state index is 13.4. The van der Waals surface area contributed by atoms with Gasteiger partial charge in [-0.25, -0.2) is 0 Å².